The summed E-state index contributed by atoms with van der Waals surface area (Å²) in [5.74, 6) is 0. The monoisotopic (exact) mass is 225 g/mol. The normalized spacial score (nSPS) is 12.6. The zero-order chi connectivity index (χ0) is 12.1. The van der Waals surface area contributed by atoms with Gasteiger partial charge in [0.1, 0.15) is 0 Å². The lowest BCUT2D eigenvalue weighted by molar-refractivity contribution is 0.288. The van der Waals surface area contributed by atoms with Crippen molar-refractivity contribution in [2.45, 2.75) is 51.9 Å². The van der Waals surface area contributed by atoms with Crippen LogP contribution in [0.25, 0.3) is 0 Å². The topological polar surface area (TPSA) is 46.2 Å². The lowest BCUT2D eigenvalue weighted by Gasteiger charge is -2.04. The van der Waals surface area contributed by atoms with E-state index in [0.717, 1.165) is 38.6 Å². The summed E-state index contributed by atoms with van der Waals surface area (Å²) in [4.78, 5) is 0. The predicted octanol–water partition coefficient (Wildman–Crippen LogP) is 3.17. The van der Waals surface area contributed by atoms with Gasteiger partial charge in [0.2, 0.25) is 0 Å². The van der Waals surface area contributed by atoms with Crippen LogP contribution in [0.15, 0.2) is 23.8 Å². The van der Waals surface area contributed by atoms with E-state index in [9.17, 15) is 0 Å². The highest BCUT2D eigenvalue weighted by Crippen LogP contribution is 2.13. The average Bonchev–Trinajstić information content (AvgIpc) is 2.30. The van der Waals surface area contributed by atoms with E-state index < -0.39 is 0 Å². The molecule has 0 saturated carbocycles. The second-order valence-corrected chi connectivity index (χ2v) is 4.07. The second-order valence-electron chi connectivity index (χ2n) is 4.07. The molecule has 0 saturated heterocycles. The van der Waals surface area contributed by atoms with E-state index in [1.54, 1.807) is 0 Å². The van der Waals surface area contributed by atoms with Crippen LogP contribution in [0.2, 0.25) is 0 Å². The van der Waals surface area contributed by atoms with Crippen molar-refractivity contribution < 1.29 is 5.11 Å². The molecule has 0 aromatic rings. The van der Waals surface area contributed by atoms with Gasteiger partial charge in [-0.05, 0) is 45.1 Å². The molecule has 0 atom stereocenters. The van der Waals surface area contributed by atoms with Crippen LogP contribution in [0.3, 0.4) is 0 Å². The van der Waals surface area contributed by atoms with Crippen molar-refractivity contribution in [2.75, 3.05) is 13.2 Å². The number of aliphatic hydroxyl groups is 1. The van der Waals surface area contributed by atoms with Gasteiger partial charge in [-0.1, -0.05) is 37.1 Å². The third-order valence-corrected chi connectivity index (χ3v) is 2.49. The SMILES string of the molecule is CCC/C(=C\CC/C=C/CCN)CCCO. The lowest BCUT2D eigenvalue weighted by atomic mass is 10.0. The predicted molar refractivity (Wildman–Crippen MR) is 71.4 cm³/mol. The molecule has 0 rings (SSSR count). The maximum Gasteiger partial charge on any atom is 0.0434 e. The Hall–Kier alpha value is -0.600. The van der Waals surface area contributed by atoms with Gasteiger partial charge in [-0.25, -0.2) is 0 Å². The molecule has 94 valence electrons. The Kier molecular flexibility index (Phi) is 12.0. The minimum Gasteiger partial charge on any atom is -0.396 e. The highest BCUT2D eigenvalue weighted by atomic mass is 16.2. The molecule has 0 fully saturated rings. The molecule has 2 heteroatoms. The maximum absolute atomic E-state index is 8.80. The maximum atomic E-state index is 8.80. The van der Waals surface area contributed by atoms with Gasteiger partial charge in [0.05, 0.1) is 0 Å². The summed E-state index contributed by atoms with van der Waals surface area (Å²) in [6.07, 6.45) is 14.2. The Bertz CT molecular complexity index is 197. The smallest absolute Gasteiger partial charge is 0.0434 e. The molecule has 0 radical (unpaired) electrons. The first-order chi connectivity index (χ1) is 7.85. The van der Waals surface area contributed by atoms with Crippen LogP contribution in [-0.2, 0) is 0 Å². The van der Waals surface area contributed by atoms with Crippen LogP contribution in [-0.4, -0.2) is 18.3 Å². The zero-order valence-electron chi connectivity index (χ0n) is 10.6. The summed E-state index contributed by atoms with van der Waals surface area (Å²) >= 11 is 0. The Morgan fingerprint density at radius 2 is 1.88 bits per heavy atom. The summed E-state index contributed by atoms with van der Waals surface area (Å²) in [5, 5.41) is 8.80. The molecule has 0 aromatic heterocycles. The lowest BCUT2D eigenvalue weighted by Crippen LogP contribution is -1.94. The van der Waals surface area contributed by atoms with E-state index in [1.165, 1.54) is 18.4 Å². The number of aliphatic hydroxyl groups excluding tert-OH is 1. The fourth-order valence-corrected chi connectivity index (χ4v) is 1.67. The Morgan fingerprint density at radius 3 is 2.50 bits per heavy atom. The van der Waals surface area contributed by atoms with Crippen LogP contribution in [0.4, 0.5) is 0 Å². The van der Waals surface area contributed by atoms with Gasteiger partial charge < -0.3 is 10.8 Å². The number of allylic oxidation sites excluding steroid dienone is 3. The highest BCUT2D eigenvalue weighted by Gasteiger charge is 1.95. The van der Waals surface area contributed by atoms with Crippen molar-refractivity contribution in [3.63, 3.8) is 0 Å². The summed E-state index contributed by atoms with van der Waals surface area (Å²) in [5.41, 5.74) is 6.90. The standard InChI is InChI=1S/C14H27NO/c1-2-9-14(11-8-13-16)10-6-4-3-5-7-12-15/h3,5,10,16H,2,4,6-9,11-13,15H2,1H3/b5-3+,14-10+. The highest BCUT2D eigenvalue weighted by molar-refractivity contribution is 5.02. The molecule has 0 aliphatic carbocycles. The van der Waals surface area contributed by atoms with Crippen molar-refractivity contribution in [3.05, 3.63) is 23.8 Å². The van der Waals surface area contributed by atoms with E-state index in [4.69, 9.17) is 10.8 Å². The van der Waals surface area contributed by atoms with E-state index >= 15 is 0 Å². The first kappa shape index (κ1) is 15.4. The van der Waals surface area contributed by atoms with E-state index in [0.29, 0.717) is 6.61 Å². The van der Waals surface area contributed by atoms with E-state index in [-0.39, 0.29) is 0 Å². The third kappa shape index (κ3) is 9.94. The quantitative estimate of drug-likeness (QED) is 0.443. The molecular weight excluding hydrogens is 198 g/mol. The van der Waals surface area contributed by atoms with Gasteiger partial charge in [0, 0.05) is 6.61 Å². The molecular formula is C14H27NO. The van der Waals surface area contributed by atoms with Crippen LogP contribution in [0, 0.1) is 0 Å². The zero-order valence-corrected chi connectivity index (χ0v) is 10.6. The number of nitrogens with two attached hydrogens (primary N) is 1. The number of unbranched alkanes of at least 4 members (excludes halogenated alkanes) is 1. The molecule has 0 spiro atoms. The van der Waals surface area contributed by atoms with Crippen molar-refractivity contribution >= 4 is 0 Å². The molecule has 3 N–H and O–H groups in total. The number of rotatable bonds is 10. The van der Waals surface area contributed by atoms with Crippen molar-refractivity contribution in [1.82, 2.24) is 0 Å². The average molecular weight is 225 g/mol. The molecule has 16 heavy (non-hydrogen) atoms. The molecule has 2 nitrogen and oxygen atoms in total. The Labute approximate surface area is 100 Å². The summed E-state index contributed by atoms with van der Waals surface area (Å²) in [7, 11) is 0. The summed E-state index contributed by atoms with van der Waals surface area (Å²) < 4.78 is 0. The summed E-state index contributed by atoms with van der Waals surface area (Å²) in [6, 6.07) is 0. The van der Waals surface area contributed by atoms with Crippen LogP contribution < -0.4 is 5.73 Å². The Balaban J connectivity index is 3.74. The van der Waals surface area contributed by atoms with Gasteiger partial charge in [0.15, 0.2) is 0 Å². The molecule has 0 heterocycles. The van der Waals surface area contributed by atoms with Crippen molar-refractivity contribution in [2.24, 2.45) is 5.73 Å². The van der Waals surface area contributed by atoms with Crippen LogP contribution in [0.1, 0.15) is 51.9 Å². The van der Waals surface area contributed by atoms with Crippen LogP contribution in [0.5, 0.6) is 0 Å². The fraction of sp³-hybridized carbons (Fsp3) is 0.714. The van der Waals surface area contributed by atoms with Gasteiger partial charge in [-0.3, -0.25) is 0 Å². The van der Waals surface area contributed by atoms with E-state index in [2.05, 4.69) is 25.2 Å². The number of hydrogen-bond acceptors (Lipinski definition) is 2. The third-order valence-electron chi connectivity index (χ3n) is 2.49. The van der Waals surface area contributed by atoms with Crippen LogP contribution >= 0.6 is 0 Å². The number of hydrogen-bond donors (Lipinski definition) is 2. The van der Waals surface area contributed by atoms with Crippen molar-refractivity contribution in [1.29, 1.82) is 0 Å². The summed E-state index contributed by atoms with van der Waals surface area (Å²) in [6.45, 7) is 3.25. The molecule has 0 aromatic carbocycles. The van der Waals surface area contributed by atoms with Gasteiger partial charge >= 0.3 is 0 Å². The van der Waals surface area contributed by atoms with Gasteiger partial charge in [-0.2, -0.15) is 0 Å². The molecule has 0 bridgehead atoms. The minimum absolute atomic E-state index is 0.303. The van der Waals surface area contributed by atoms with Gasteiger partial charge in [0.25, 0.3) is 0 Å². The molecule has 0 unspecified atom stereocenters. The molecule has 0 amide bonds. The minimum atomic E-state index is 0.303. The second kappa shape index (κ2) is 12.5. The van der Waals surface area contributed by atoms with Gasteiger partial charge in [-0.15, -0.1) is 0 Å². The van der Waals surface area contributed by atoms with Crippen molar-refractivity contribution in [3.8, 4) is 0 Å². The van der Waals surface area contributed by atoms with E-state index in [1.807, 2.05) is 0 Å². The molecule has 0 aliphatic heterocycles. The first-order valence-electron chi connectivity index (χ1n) is 6.49. The molecule has 0 aliphatic rings. The fourth-order valence-electron chi connectivity index (χ4n) is 1.67. The largest absolute Gasteiger partial charge is 0.396 e. The first-order valence-corrected chi connectivity index (χ1v) is 6.49. The Morgan fingerprint density at radius 1 is 1.12 bits per heavy atom.